The number of aliphatic carboxylic acids is 1. The summed E-state index contributed by atoms with van der Waals surface area (Å²) in [5.74, 6) is -1.70. The molecule has 4 heteroatoms. The number of benzene rings is 2. The van der Waals surface area contributed by atoms with Crippen LogP contribution in [0, 0.1) is 5.92 Å². The van der Waals surface area contributed by atoms with Gasteiger partial charge in [-0.3, -0.25) is 9.59 Å². The Hall–Kier alpha value is -2.88. The van der Waals surface area contributed by atoms with E-state index in [-0.39, 0.29) is 5.91 Å². The molecule has 116 valence electrons. The molecule has 1 aliphatic heterocycles. The summed E-state index contributed by atoms with van der Waals surface area (Å²) in [7, 11) is 1.68. The number of carboxylic acid groups (broad SMARTS) is 1. The smallest absolute Gasteiger partial charge is 0.310 e. The molecule has 1 atom stereocenters. The van der Waals surface area contributed by atoms with E-state index in [0.717, 1.165) is 11.1 Å². The van der Waals surface area contributed by atoms with Crippen molar-refractivity contribution in [3.05, 3.63) is 77.4 Å². The van der Waals surface area contributed by atoms with E-state index in [0.29, 0.717) is 17.7 Å². The number of nitrogens with zero attached hydrogens (tertiary/aromatic N) is 1. The quantitative estimate of drug-likeness (QED) is 0.927. The van der Waals surface area contributed by atoms with Crippen LogP contribution in [0.25, 0.3) is 5.70 Å². The van der Waals surface area contributed by atoms with Crippen molar-refractivity contribution in [2.75, 3.05) is 7.05 Å². The summed E-state index contributed by atoms with van der Waals surface area (Å²) in [6.07, 6.45) is 1.98. The average molecular weight is 307 g/mol. The van der Waals surface area contributed by atoms with Crippen LogP contribution < -0.4 is 0 Å². The Morgan fingerprint density at radius 1 is 1.09 bits per heavy atom. The number of carbonyl (C=O) groups excluding carboxylic acids is 1. The first-order valence-corrected chi connectivity index (χ1v) is 7.44. The third-order valence-corrected chi connectivity index (χ3v) is 4.10. The van der Waals surface area contributed by atoms with Crippen LogP contribution in [0.4, 0.5) is 0 Å². The van der Waals surface area contributed by atoms with Gasteiger partial charge in [0, 0.05) is 18.3 Å². The minimum atomic E-state index is -0.893. The van der Waals surface area contributed by atoms with Gasteiger partial charge in [0.2, 0.25) is 0 Å². The number of amides is 1. The van der Waals surface area contributed by atoms with E-state index in [9.17, 15) is 14.7 Å². The zero-order chi connectivity index (χ0) is 16.4. The van der Waals surface area contributed by atoms with Crippen LogP contribution in [0.2, 0.25) is 0 Å². The normalized spacial score (nSPS) is 20.0. The van der Waals surface area contributed by atoms with E-state index >= 15 is 0 Å². The highest BCUT2D eigenvalue weighted by Gasteiger charge is 2.27. The Labute approximate surface area is 134 Å². The molecule has 23 heavy (non-hydrogen) atoms. The molecule has 1 aliphatic rings. The van der Waals surface area contributed by atoms with Gasteiger partial charge in [-0.15, -0.1) is 0 Å². The Morgan fingerprint density at radius 3 is 2.43 bits per heavy atom. The Kier molecular flexibility index (Phi) is 3.98. The average Bonchev–Trinajstić information content (AvgIpc) is 2.57. The molecule has 2 aromatic carbocycles. The van der Waals surface area contributed by atoms with E-state index in [1.165, 1.54) is 4.90 Å². The minimum Gasteiger partial charge on any atom is -0.481 e. The predicted molar refractivity (Wildman–Crippen MR) is 87.8 cm³/mol. The number of carbonyl (C=O) groups is 2. The van der Waals surface area contributed by atoms with E-state index in [2.05, 4.69) is 0 Å². The van der Waals surface area contributed by atoms with Gasteiger partial charge >= 0.3 is 5.97 Å². The highest BCUT2D eigenvalue weighted by atomic mass is 16.4. The van der Waals surface area contributed by atoms with Gasteiger partial charge in [-0.05, 0) is 29.7 Å². The first-order chi connectivity index (χ1) is 11.1. The van der Waals surface area contributed by atoms with Crippen molar-refractivity contribution < 1.29 is 14.7 Å². The van der Waals surface area contributed by atoms with Crippen molar-refractivity contribution in [1.82, 2.24) is 4.90 Å². The fraction of sp³-hybridized carbons (Fsp3) is 0.158. The lowest BCUT2D eigenvalue weighted by atomic mass is 9.91. The van der Waals surface area contributed by atoms with Gasteiger partial charge in [0.25, 0.3) is 5.91 Å². The highest BCUT2D eigenvalue weighted by Crippen LogP contribution is 2.28. The summed E-state index contributed by atoms with van der Waals surface area (Å²) < 4.78 is 0. The van der Waals surface area contributed by atoms with Crippen molar-refractivity contribution in [3.8, 4) is 0 Å². The maximum absolute atomic E-state index is 12.8. The molecule has 0 saturated carbocycles. The SMILES string of the molecule is CN1C(=O)c2ccccc2CC(C(=O)O)/C=C\1c1ccccc1. The largest absolute Gasteiger partial charge is 0.481 e. The number of fused-ring (bicyclic) bond motifs is 1. The molecule has 0 fully saturated rings. The van der Waals surface area contributed by atoms with Crippen molar-refractivity contribution in [3.63, 3.8) is 0 Å². The van der Waals surface area contributed by atoms with Crippen molar-refractivity contribution in [2.45, 2.75) is 6.42 Å². The zero-order valence-electron chi connectivity index (χ0n) is 12.8. The monoisotopic (exact) mass is 307 g/mol. The summed E-state index contributed by atoms with van der Waals surface area (Å²) in [6, 6.07) is 16.6. The lowest BCUT2D eigenvalue weighted by Gasteiger charge is -2.26. The van der Waals surface area contributed by atoms with Crippen LogP contribution in [-0.4, -0.2) is 28.9 Å². The van der Waals surface area contributed by atoms with Crippen molar-refractivity contribution in [1.29, 1.82) is 0 Å². The molecule has 0 spiro atoms. The van der Waals surface area contributed by atoms with Crippen molar-refractivity contribution in [2.24, 2.45) is 5.92 Å². The van der Waals surface area contributed by atoms with E-state index in [4.69, 9.17) is 0 Å². The summed E-state index contributed by atoms with van der Waals surface area (Å²) in [5.41, 5.74) is 2.77. The lowest BCUT2D eigenvalue weighted by molar-refractivity contribution is -0.140. The number of rotatable bonds is 2. The fourth-order valence-corrected chi connectivity index (χ4v) is 2.85. The van der Waals surface area contributed by atoms with E-state index in [1.807, 2.05) is 42.5 Å². The van der Waals surface area contributed by atoms with Crippen LogP contribution in [0.15, 0.2) is 60.7 Å². The molecule has 1 unspecified atom stereocenters. The molecule has 1 amide bonds. The topological polar surface area (TPSA) is 57.6 Å². The second-order valence-corrected chi connectivity index (χ2v) is 5.59. The van der Waals surface area contributed by atoms with Crippen LogP contribution >= 0.6 is 0 Å². The molecule has 3 rings (SSSR count). The second-order valence-electron chi connectivity index (χ2n) is 5.59. The van der Waals surface area contributed by atoms with E-state index < -0.39 is 11.9 Å². The molecule has 0 aromatic heterocycles. The van der Waals surface area contributed by atoms with Gasteiger partial charge in [-0.25, -0.2) is 0 Å². The van der Waals surface area contributed by atoms with Gasteiger partial charge in [-0.2, -0.15) is 0 Å². The standard InChI is InChI=1S/C19H17NO3/c1-20-17(13-7-3-2-4-8-13)12-15(19(22)23)11-14-9-5-6-10-16(14)18(20)21/h2-10,12,15H,11H2,1H3,(H,22,23)/b17-12-. The van der Waals surface area contributed by atoms with Gasteiger partial charge in [-0.1, -0.05) is 48.5 Å². The molecule has 4 nitrogen and oxygen atoms in total. The molecule has 0 bridgehead atoms. The molecule has 1 heterocycles. The highest BCUT2D eigenvalue weighted by molar-refractivity contribution is 6.01. The van der Waals surface area contributed by atoms with Crippen LogP contribution in [-0.2, 0) is 11.2 Å². The first kappa shape index (κ1) is 15.0. The molecule has 0 radical (unpaired) electrons. The predicted octanol–water partition coefficient (Wildman–Crippen LogP) is 3.06. The number of hydrogen-bond donors (Lipinski definition) is 1. The van der Waals surface area contributed by atoms with Crippen LogP contribution in [0.3, 0.4) is 0 Å². The summed E-state index contributed by atoms with van der Waals surface area (Å²) in [4.78, 5) is 26.0. The Balaban J connectivity index is 2.15. The van der Waals surface area contributed by atoms with E-state index in [1.54, 1.807) is 25.3 Å². The van der Waals surface area contributed by atoms with Crippen molar-refractivity contribution >= 4 is 17.6 Å². The third kappa shape index (κ3) is 2.88. The maximum Gasteiger partial charge on any atom is 0.310 e. The lowest BCUT2D eigenvalue weighted by Crippen LogP contribution is -2.30. The number of hydrogen-bond acceptors (Lipinski definition) is 2. The molecular formula is C19H17NO3. The minimum absolute atomic E-state index is 0.125. The first-order valence-electron chi connectivity index (χ1n) is 7.44. The molecule has 0 saturated heterocycles. The van der Waals surface area contributed by atoms with Crippen LogP contribution in [0.1, 0.15) is 21.5 Å². The maximum atomic E-state index is 12.8. The second kappa shape index (κ2) is 6.08. The summed E-state index contributed by atoms with van der Waals surface area (Å²) >= 11 is 0. The summed E-state index contributed by atoms with van der Waals surface area (Å²) in [5, 5.41) is 9.55. The molecule has 1 N–H and O–H groups in total. The molecule has 2 aromatic rings. The number of carboxylic acids is 1. The van der Waals surface area contributed by atoms with Crippen LogP contribution in [0.5, 0.6) is 0 Å². The van der Waals surface area contributed by atoms with Gasteiger partial charge in [0.1, 0.15) is 0 Å². The zero-order valence-corrected chi connectivity index (χ0v) is 12.8. The molecule has 0 aliphatic carbocycles. The fourth-order valence-electron chi connectivity index (χ4n) is 2.85. The van der Waals surface area contributed by atoms with Gasteiger partial charge in [0.05, 0.1) is 5.92 Å². The Morgan fingerprint density at radius 2 is 1.74 bits per heavy atom. The Bertz CT molecular complexity index is 780. The third-order valence-electron chi connectivity index (χ3n) is 4.10. The van der Waals surface area contributed by atoms with Gasteiger partial charge in [0.15, 0.2) is 0 Å². The molecular weight excluding hydrogens is 290 g/mol. The van der Waals surface area contributed by atoms with Gasteiger partial charge < -0.3 is 10.0 Å². The summed E-state index contributed by atoms with van der Waals surface area (Å²) in [6.45, 7) is 0.